The van der Waals surface area contributed by atoms with Crippen LogP contribution in [0, 0.1) is 0 Å². The highest BCUT2D eigenvalue weighted by molar-refractivity contribution is 5.93. The number of carbonyl (C=O) groups is 2. The molecule has 0 aliphatic rings. The number of urea groups is 1. The van der Waals surface area contributed by atoms with Gasteiger partial charge in [0.15, 0.2) is 0 Å². The van der Waals surface area contributed by atoms with E-state index in [9.17, 15) is 9.59 Å². The predicted octanol–water partition coefficient (Wildman–Crippen LogP) is 1.47. The fourth-order valence-corrected chi connectivity index (χ4v) is 1.56. The van der Waals surface area contributed by atoms with Gasteiger partial charge in [0.05, 0.1) is 18.7 Å². The molecule has 0 aliphatic carbocycles. The number of carboxylic acids is 1. The van der Waals surface area contributed by atoms with Crippen molar-refractivity contribution >= 4 is 17.7 Å². The van der Waals surface area contributed by atoms with E-state index in [0.29, 0.717) is 5.69 Å². The van der Waals surface area contributed by atoms with Crippen LogP contribution in [0.5, 0.6) is 0 Å². The van der Waals surface area contributed by atoms with Crippen LogP contribution in [0.15, 0.2) is 36.9 Å². The first-order chi connectivity index (χ1) is 9.49. The van der Waals surface area contributed by atoms with Gasteiger partial charge in [-0.1, -0.05) is 6.08 Å². The second-order valence-electron chi connectivity index (χ2n) is 4.20. The van der Waals surface area contributed by atoms with E-state index in [1.165, 1.54) is 29.2 Å². The van der Waals surface area contributed by atoms with E-state index in [-0.39, 0.29) is 30.8 Å². The molecule has 20 heavy (non-hydrogen) atoms. The first-order valence-corrected chi connectivity index (χ1v) is 6.14. The lowest BCUT2D eigenvalue weighted by Gasteiger charge is -2.23. The number of hydrogen-bond acceptors (Lipinski definition) is 3. The van der Waals surface area contributed by atoms with E-state index in [1.54, 1.807) is 13.0 Å². The van der Waals surface area contributed by atoms with Gasteiger partial charge in [-0.25, -0.2) is 9.59 Å². The Morgan fingerprint density at radius 1 is 1.40 bits per heavy atom. The summed E-state index contributed by atoms with van der Waals surface area (Å²) >= 11 is 0. The van der Waals surface area contributed by atoms with Gasteiger partial charge in [-0.3, -0.25) is 4.90 Å². The van der Waals surface area contributed by atoms with Gasteiger partial charge in [-0.05, 0) is 31.2 Å². The Labute approximate surface area is 117 Å². The lowest BCUT2D eigenvalue weighted by molar-refractivity contribution is 0.0697. The van der Waals surface area contributed by atoms with Crippen molar-refractivity contribution in [3.05, 3.63) is 42.5 Å². The molecule has 108 valence electrons. The van der Waals surface area contributed by atoms with E-state index in [2.05, 4.69) is 11.9 Å². The number of rotatable bonds is 6. The molecule has 1 aromatic rings. The van der Waals surface area contributed by atoms with Gasteiger partial charge in [-0.2, -0.15) is 0 Å². The first kappa shape index (κ1) is 15.7. The van der Waals surface area contributed by atoms with Crippen LogP contribution in [0.2, 0.25) is 0 Å². The number of anilines is 1. The average molecular weight is 278 g/mol. The van der Waals surface area contributed by atoms with Gasteiger partial charge in [0.25, 0.3) is 0 Å². The lowest BCUT2D eigenvalue weighted by atomic mass is 10.2. The van der Waals surface area contributed by atoms with Gasteiger partial charge >= 0.3 is 12.0 Å². The smallest absolute Gasteiger partial charge is 0.335 e. The quantitative estimate of drug-likeness (QED) is 0.687. The van der Waals surface area contributed by atoms with E-state index in [1.807, 2.05) is 0 Å². The summed E-state index contributed by atoms with van der Waals surface area (Å²) in [5.74, 6) is -1.03. The zero-order valence-electron chi connectivity index (χ0n) is 11.2. The third-order valence-electron chi connectivity index (χ3n) is 2.70. The molecule has 3 N–H and O–H groups in total. The molecule has 0 saturated carbocycles. The SMILES string of the molecule is C=CC(C)NC(=O)N(CCO)c1ccc(C(=O)O)cc1. The minimum absolute atomic E-state index is 0.113. The minimum Gasteiger partial charge on any atom is -0.478 e. The maximum Gasteiger partial charge on any atom is 0.335 e. The zero-order valence-corrected chi connectivity index (χ0v) is 11.2. The van der Waals surface area contributed by atoms with Crippen LogP contribution >= 0.6 is 0 Å². The molecule has 0 aliphatic heterocycles. The molecule has 0 aromatic heterocycles. The number of amides is 2. The highest BCUT2D eigenvalue weighted by Crippen LogP contribution is 2.15. The summed E-state index contributed by atoms with van der Waals surface area (Å²) in [6.45, 7) is 5.26. The molecule has 0 saturated heterocycles. The zero-order chi connectivity index (χ0) is 15.1. The summed E-state index contributed by atoms with van der Waals surface area (Å²) in [6, 6.07) is 5.28. The molecule has 6 heteroatoms. The van der Waals surface area contributed by atoms with Crippen molar-refractivity contribution in [2.24, 2.45) is 0 Å². The summed E-state index contributed by atoms with van der Waals surface area (Å²) in [5.41, 5.74) is 0.648. The van der Waals surface area contributed by atoms with Crippen molar-refractivity contribution < 1.29 is 19.8 Å². The summed E-state index contributed by atoms with van der Waals surface area (Å²) in [7, 11) is 0. The van der Waals surface area contributed by atoms with Crippen LogP contribution in [0.25, 0.3) is 0 Å². The average Bonchev–Trinajstić information content (AvgIpc) is 2.44. The first-order valence-electron chi connectivity index (χ1n) is 6.14. The molecule has 0 bridgehead atoms. The third kappa shape index (κ3) is 4.10. The van der Waals surface area contributed by atoms with Crippen LogP contribution in [0.3, 0.4) is 0 Å². The highest BCUT2D eigenvalue weighted by atomic mass is 16.4. The number of aliphatic hydroxyl groups excluding tert-OH is 1. The molecule has 6 nitrogen and oxygen atoms in total. The molecular weight excluding hydrogens is 260 g/mol. The molecular formula is C14H18N2O4. The van der Waals surface area contributed by atoms with Gasteiger partial charge < -0.3 is 15.5 Å². The van der Waals surface area contributed by atoms with Gasteiger partial charge in [0.1, 0.15) is 0 Å². The van der Waals surface area contributed by atoms with Gasteiger partial charge in [0.2, 0.25) is 0 Å². The number of nitrogens with one attached hydrogen (secondary N) is 1. The standard InChI is InChI=1S/C14H18N2O4/c1-3-10(2)15-14(20)16(8-9-17)12-6-4-11(5-7-12)13(18)19/h3-7,10,17H,1,8-9H2,2H3,(H,15,20)(H,18,19). The number of aromatic carboxylic acids is 1. The topological polar surface area (TPSA) is 89.9 Å². The fourth-order valence-electron chi connectivity index (χ4n) is 1.56. The summed E-state index contributed by atoms with van der Waals surface area (Å²) in [5, 5.41) is 20.6. The van der Waals surface area contributed by atoms with Crippen molar-refractivity contribution in [3.8, 4) is 0 Å². The Balaban J connectivity index is 2.92. The van der Waals surface area contributed by atoms with Gasteiger partial charge in [0, 0.05) is 11.7 Å². The van der Waals surface area contributed by atoms with E-state index in [0.717, 1.165) is 0 Å². The third-order valence-corrected chi connectivity index (χ3v) is 2.70. The van der Waals surface area contributed by atoms with Crippen molar-refractivity contribution in [1.29, 1.82) is 0 Å². The Hall–Kier alpha value is -2.34. The number of carbonyl (C=O) groups excluding carboxylic acids is 1. The number of carboxylic acid groups (broad SMARTS) is 1. The monoisotopic (exact) mass is 278 g/mol. The second-order valence-corrected chi connectivity index (χ2v) is 4.20. The molecule has 0 heterocycles. The Kier molecular flexibility index (Phi) is 5.74. The van der Waals surface area contributed by atoms with Crippen LogP contribution in [0.1, 0.15) is 17.3 Å². The molecule has 1 atom stereocenters. The van der Waals surface area contributed by atoms with Crippen molar-refractivity contribution in [2.45, 2.75) is 13.0 Å². The summed E-state index contributed by atoms with van der Waals surface area (Å²) in [4.78, 5) is 24.2. The number of hydrogen-bond donors (Lipinski definition) is 3. The molecule has 1 aromatic carbocycles. The second kappa shape index (κ2) is 7.30. The van der Waals surface area contributed by atoms with Gasteiger partial charge in [-0.15, -0.1) is 6.58 Å². The maximum absolute atomic E-state index is 12.1. The van der Waals surface area contributed by atoms with Crippen LogP contribution < -0.4 is 10.2 Å². The number of nitrogens with zero attached hydrogens (tertiary/aromatic N) is 1. The predicted molar refractivity (Wildman–Crippen MR) is 76.0 cm³/mol. The molecule has 2 amide bonds. The Morgan fingerprint density at radius 2 is 2.00 bits per heavy atom. The number of aliphatic hydroxyl groups is 1. The van der Waals surface area contributed by atoms with E-state index in [4.69, 9.17) is 10.2 Å². The number of benzene rings is 1. The minimum atomic E-state index is -1.03. The Morgan fingerprint density at radius 3 is 2.45 bits per heavy atom. The van der Waals surface area contributed by atoms with Crippen molar-refractivity contribution in [2.75, 3.05) is 18.1 Å². The molecule has 1 rings (SSSR count). The normalized spacial score (nSPS) is 11.5. The van der Waals surface area contributed by atoms with Crippen molar-refractivity contribution in [3.63, 3.8) is 0 Å². The van der Waals surface area contributed by atoms with E-state index < -0.39 is 5.97 Å². The molecule has 0 radical (unpaired) electrons. The highest BCUT2D eigenvalue weighted by Gasteiger charge is 2.16. The van der Waals surface area contributed by atoms with Crippen LogP contribution in [-0.2, 0) is 0 Å². The largest absolute Gasteiger partial charge is 0.478 e. The summed E-state index contributed by atoms with van der Waals surface area (Å²) < 4.78 is 0. The van der Waals surface area contributed by atoms with E-state index >= 15 is 0 Å². The van der Waals surface area contributed by atoms with Crippen LogP contribution in [-0.4, -0.2) is 41.4 Å². The fraction of sp³-hybridized carbons (Fsp3) is 0.286. The lowest BCUT2D eigenvalue weighted by Crippen LogP contribution is -2.44. The maximum atomic E-state index is 12.1. The summed E-state index contributed by atoms with van der Waals surface area (Å²) in [6.07, 6.45) is 1.59. The molecule has 0 fully saturated rings. The molecule has 0 spiro atoms. The van der Waals surface area contributed by atoms with Crippen LogP contribution in [0.4, 0.5) is 10.5 Å². The van der Waals surface area contributed by atoms with Crippen molar-refractivity contribution in [1.82, 2.24) is 5.32 Å². The molecule has 1 unspecified atom stereocenters. The Bertz CT molecular complexity index is 484.